The van der Waals surface area contributed by atoms with Gasteiger partial charge in [-0.15, -0.1) is 0 Å². The third-order valence-corrected chi connectivity index (χ3v) is 14.4. The second-order valence-corrected chi connectivity index (χ2v) is 22.7. The molecule has 4 nitrogen and oxygen atoms in total. The maximum absolute atomic E-state index is 7.19. The molecule has 5 heteroatoms. The quantitative estimate of drug-likeness (QED) is 0.155. The first kappa shape index (κ1) is 38.5. The van der Waals surface area contributed by atoms with Crippen molar-refractivity contribution in [1.82, 2.24) is 4.57 Å². The number of furan rings is 2. The molecule has 0 spiro atoms. The predicted octanol–water partition coefficient (Wildman–Crippen LogP) is 15.0. The van der Waals surface area contributed by atoms with Crippen molar-refractivity contribution in [2.24, 2.45) is 0 Å². The lowest BCUT2D eigenvalue weighted by Crippen LogP contribution is -2.60. The Morgan fingerprint density at radius 2 is 1.08 bits per heavy atom. The molecule has 0 unspecified atom stereocenters. The molecule has 2 aliphatic heterocycles. The van der Waals surface area contributed by atoms with Gasteiger partial charge in [0.2, 0.25) is 0 Å². The highest BCUT2D eigenvalue weighted by Gasteiger charge is 2.46. The Kier molecular flexibility index (Phi) is 7.50. The van der Waals surface area contributed by atoms with Gasteiger partial charge in [0.05, 0.1) is 16.4 Å². The first-order valence-corrected chi connectivity index (χ1v) is 22.8. The van der Waals surface area contributed by atoms with E-state index in [1.165, 1.54) is 83.0 Å². The zero-order chi connectivity index (χ0) is 43.9. The third kappa shape index (κ3) is 5.35. The van der Waals surface area contributed by atoms with E-state index in [1.54, 1.807) is 0 Å². The number of anilines is 2. The van der Waals surface area contributed by atoms with Gasteiger partial charge in [-0.3, -0.25) is 0 Å². The van der Waals surface area contributed by atoms with Gasteiger partial charge < -0.3 is 18.2 Å². The molecule has 0 atom stereocenters. The Bertz CT molecular complexity index is 3600. The molecule has 0 N–H and O–H groups in total. The van der Waals surface area contributed by atoms with Crippen molar-refractivity contribution in [1.29, 1.82) is 0 Å². The molecule has 0 radical (unpaired) electrons. The lowest BCUT2D eigenvalue weighted by molar-refractivity contribution is 0.587. The van der Waals surface area contributed by atoms with Gasteiger partial charge in [-0.05, 0) is 115 Å². The van der Waals surface area contributed by atoms with Crippen LogP contribution in [0.5, 0.6) is 0 Å². The van der Waals surface area contributed by atoms with Crippen molar-refractivity contribution < 1.29 is 8.83 Å². The fourth-order valence-corrected chi connectivity index (χ4v) is 10.9. The summed E-state index contributed by atoms with van der Waals surface area (Å²) in [5, 5.41) is 6.98. The second-order valence-electron chi connectivity index (χ2n) is 22.7. The summed E-state index contributed by atoms with van der Waals surface area (Å²) in [4.78, 5) is 2.66. The largest absolute Gasteiger partial charge is 0.456 e. The van der Waals surface area contributed by atoms with E-state index in [0.29, 0.717) is 0 Å². The number of para-hydroxylation sites is 1. The van der Waals surface area contributed by atoms with E-state index in [-0.39, 0.29) is 28.5 Å². The predicted molar refractivity (Wildman–Crippen MR) is 269 cm³/mol. The van der Waals surface area contributed by atoms with Gasteiger partial charge in [-0.2, -0.15) is 0 Å². The second kappa shape index (κ2) is 12.3. The number of hydrogen-bond acceptors (Lipinski definition) is 3. The van der Waals surface area contributed by atoms with Crippen molar-refractivity contribution in [3.05, 3.63) is 138 Å². The minimum Gasteiger partial charge on any atom is -0.456 e. The summed E-state index contributed by atoms with van der Waals surface area (Å²) in [7, 11) is 0. The van der Waals surface area contributed by atoms with E-state index in [2.05, 4.69) is 208 Å². The van der Waals surface area contributed by atoms with Gasteiger partial charge in [0.25, 0.3) is 0 Å². The summed E-state index contributed by atoms with van der Waals surface area (Å²) in [6, 6.07) is 44.0. The SMILES string of the molecule is CC(C)(C)c1ccc(N2B3c4cc(C(C)(C)C)ccc4-n4c5ccc(C(C)(C)C)cc5c5c6oc7ccccc7c6c(c3c54)-c3cc4oc5cc(C(C)(C)C)ccc5c4cc32)cc1. The maximum Gasteiger partial charge on any atom is 0.333 e. The van der Waals surface area contributed by atoms with E-state index >= 15 is 0 Å². The van der Waals surface area contributed by atoms with Crippen LogP contribution in [0.2, 0.25) is 0 Å². The Balaban J connectivity index is 1.32. The van der Waals surface area contributed by atoms with Crippen LogP contribution in [0.3, 0.4) is 0 Å². The molecule has 0 aliphatic carbocycles. The van der Waals surface area contributed by atoms with Gasteiger partial charge in [-0.25, -0.2) is 0 Å². The molecule has 3 aromatic heterocycles. The third-order valence-electron chi connectivity index (χ3n) is 14.4. The fraction of sp³-hybridized carbons (Fsp3) is 0.276. The van der Waals surface area contributed by atoms with Crippen LogP contribution in [-0.2, 0) is 21.7 Å². The molecule has 7 aromatic carbocycles. The Labute approximate surface area is 370 Å². The van der Waals surface area contributed by atoms with Crippen LogP contribution in [0.4, 0.5) is 11.4 Å². The summed E-state index contributed by atoms with van der Waals surface area (Å²) < 4.78 is 16.7. The molecule has 2 aliphatic rings. The zero-order valence-electron chi connectivity index (χ0n) is 38.8. The van der Waals surface area contributed by atoms with E-state index < -0.39 is 0 Å². The number of aromatic nitrogens is 1. The molecule has 10 aromatic rings. The fourth-order valence-electron chi connectivity index (χ4n) is 10.9. The van der Waals surface area contributed by atoms with Crippen molar-refractivity contribution in [3.8, 4) is 16.8 Å². The normalized spacial score (nSPS) is 14.3. The lowest BCUT2D eigenvalue weighted by Gasteiger charge is -2.42. The molecule has 0 saturated carbocycles. The zero-order valence-corrected chi connectivity index (χ0v) is 38.8. The number of fused-ring (bicyclic) bond motifs is 16. The Morgan fingerprint density at radius 1 is 0.460 bits per heavy atom. The highest BCUT2D eigenvalue weighted by Crippen LogP contribution is 2.53. The van der Waals surface area contributed by atoms with Crippen LogP contribution in [0.25, 0.3) is 82.5 Å². The number of hydrogen-bond donors (Lipinski definition) is 0. The topological polar surface area (TPSA) is 34.5 Å². The number of nitrogens with zero attached hydrogens (tertiary/aromatic N) is 2. The van der Waals surface area contributed by atoms with Crippen LogP contribution in [0, 0.1) is 0 Å². The summed E-state index contributed by atoms with van der Waals surface area (Å²) in [5.41, 5.74) is 19.8. The van der Waals surface area contributed by atoms with Gasteiger partial charge >= 0.3 is 6.85 Å². The standard InChI is InChI=1S/C58H55BN2O2/c1-55(2,3)32-17-22-36(23-18-32)61-45-30-39-37-24-19-35(58(10,11)12)29-47(37)62-48(39)31-41(45)49-50-38-15-13-14-16-46(38)63-54(50)51-40-27-33(56(4,5)6)20-25-43(40)60-44-26-21-34(57(7,8)9)28-42(44)59(61)52(49)53(51)60/h13-31H,1-12H3. The first-order chi connectivity index (χ1) is 29.8. The molecule has 0 bridgehead atoms. The number of benzene rings is 7. The molecule has 63 heavy (non-hydrogen) atoms. The molecule has 5 heterocycles. The summed E-state index contributed by atoms with van der Waals surface area (Å²) in [6.07, 6.45) is 0. The van der Waals surface area contributed by atoms with Crippen LogP contribution in [0.15, 0.2) is 124 Å². The summed E-state index contributed by atoms with van der Waals surface area (Å²) in [5.74, 6) is 0. The van der Waals surface area contributed by atoms with Crippen molar-refractivity contribution in [3.63, 3.8) is 0 Å². The molecule has 312 valence electrons. The highest BCUT2D eigenvalue weighted by molar-refractivity contribution is 6.94. The molecular formula is C58H55BN2O2. The van der Waals surface area contributed by atoms with E-state index in [1.807, 2.05) is 0 Å². The first-order valence-electron chi connectivity index (χ1n) is 22.8. The Morgan fingerprint density at radius 3 is 1.79 bits per heavy atom. The van der Waals surface area contributed by atoms with E-state index in [4.69, 9.17) is 8.83 Å². The molecule has 0 amide bonds. The van der Waals surface area contributed by atoms with Crippen molar-refractivity contribution in [2.75, 3.05) is 4.81 Å². The van der Waals surface area contributed by atoms with Crippen LogP contribution < -0.4 is 15.7 Å². The van der Waals surface area contributed by atoms with Crippen LogP contribution >= 0.6 is 0 Å². The highest BCUT2D eigenvalue weighted by atomic mass is 16.3. The van der Waals surface area contributed by atoms with Gasteiger partial charge in [0, 0.05) is 49.6 Å². The molecule has 0 fully saturated rings. The minimum atomic E-state index is -0.146. The van der Waals surface area contributed by atoms with Gasteiger partial charge in [-0.1, -0.05) is 144 Å². The Hall–Kier alpha value is -6.20. The van der Waals surface area contributed by atoms with Crippen molar-refractivity contribution in [2.45, 2.75) is 105 Å². The van der Waals surface area contributed by atoms with E-state index in [9.17, 15) is 0 Å². The van der Waals surface area contributed by atoms with Gasteiger partial charge in [0.15, 0.2) is 0 Å². The molecular weight excluding hydrogens is 767 g/mol. The smallest absolute Gasteiger partial charge is 0.333 e. The van der Waals surface area contributed by atoms with Crippen molar-refractivity contribution >= 4 is 94.8 Å². The average molecular weight is 823 g/mol. The summed E-state index contributed by atoms with van der Waals surface area (Å²) >= 11 is 0. The average Bonchev–Trinajstić information content (AvgIpc) is 3.90. The minimum absolute atomic E-state index is 0.00540. The monoisotopic (exact) mass is 822 g/mol. The van der Waals surface area contributed by atoms with E-state index in [0.717, 1.165) is 44.1 Å². The number of rotatable bonds is 1. The molecule has 12 rings (SSSR count). The summed E-state index contributed by atoms with van der Waals surface area (Å²) in [6.45, 7) is 27.5. The van der Waals surface area contributed by atoms with Crippen LogP contribution in [0.1, 0.15) is 105 Å². The maximum atomic E-state index is 7.19. The molecule has 0 saturated heterocycles. The van der Waals surface area contributed by atoms with Crippen LogP contribution in [-0.4, -0.2) is 11.4 Å². The van der Waals surface area contributed by atoms with Gasteiger partial charge in [0.1, 0.15) is 22.3 Å². The lowest BCUT2D eigenvalue weighted by atomic mass is 9.43.